The molecule has 82 valence electrons. The molecular weight excluding hydrogens is 259 g/mol. The second kappa shape index (κ2) is 4.60. The summed E-state index contributed by atoms with van der Waals surface area (Å²) in [5.41, 5.74) is 1.14. The van der Waals surface area contributed by atoms with E-state index in [4.69, 9.17) is 0 Å². The maximum absolute atomic E-state index is 13.0. The Labute approximate surface area is 97.6 Å². The fourth-order valence-electron chi connectivity index (χ4n) is 1.93. The van der Waals surface area contributed by atoms with Crippen molar-refractivity contribution in [1.82, 2.24) is 10.2 Å². The molecule has 0 radical (unpaired) electrons. The van der Waals surface area contributed by atoms with E-state index in [0.717, 1.165) is 29.7 Å². The van der Waals surface area contributed by atoms with Gasteiger partial charge in [0.25, 0.3) is 0 Å². The molecular formula is C11H14BrFN2. The predicted molar refractivity (Wildman–Crippen MR) is 62.3 cm³/mol. The molecule has 1 heterocycles. The minimum atomic E-state index is -0.197. The second-order valence-electron chi connectivity index (χ2n) is 3.87. The van der Waals surface area contributed by atoms with E-state index in [2.05, 4.69) is 33.2 Å². The maximum atomic E-state index is 13.0. The molecule has 1 aliphatic rings. The lowest BCUT2D eigenvalue weighted by Gasteiger charge is -2.33. The third-order valence-corrected chi connectivity index (χ3v) is 3.52. The zero-order valence-electron chi connectivity index (χ0n) is 8.63. The standard InChI is InChI=1S/C11H14BrFN2/c1-15-5-4-14-7-11(15)9-3-2-8(13)6-10(9)12/h2-3,6,11,14H,4-5,7H2,1H3. The van der Waals surface area contributed by atoms with Gasteiger partial charge in [0.2, 0.25) is 0 Å². The molecule has 0 saturated carbocycles. The van der Waals surface area contributed by atoms with Gasteiger partial charge in [-0.25, -0.2) is 4.39 Å². The van der Waals surface area contributed by atoms with Crippen LogP contribution in [-0.4, -0.2) is 31.6 Å². The third kappa shape index (κ3) is 2.38. The Kier molecular flexibility index (Phi) is 3.38. The van der Waals surface area contributed by atoms with Gasteiger partial charge in [0.05, 0.1) is 0 Å². The number of piperazine rings is 1. The Bertz CT molecular complexity index is 356. The Balaban J connectivity index is 2.27. The van der Waals surface area contributed by atoms with E-state index >= 15 is 0 Å². The minimum Gasteiger partial charge on any atom is -0.314 e. The lowest BCUT2D eigenvalue weighted by atomic mass is 10.0. The van der Waals surface area contributed by atoms with Crippen molar-refractivity contribution in [2.45, 2.75) is 6.04 Å². The molecule has 2 nitrogen and oxygen atoms in total. The number of hydrogen-bond acceptors (Lipinski definition) is 2. The Hall–Kier alpha value is -0.450. The molecule has 4 heteroatoms. The summed E-state index contributed by atoms with van der Waals surface area (Å²) in [6.45, 7) is 2.96. The van der Waals surface area contributed by atoms with E-state index < -0.39 is 0 Å². The van der Waals surface area contributed by atoms with Crippen molar-refractivity contribution < 1.29 is 4.39 Å². The van der Waals surface area contributed by atoms with Gasteiger partial charge in [-0.15, -0.1) is 0 Å². The molecule has 0 aliphatic carbocycles. The van der Waals surface area contributed by atoms with Crippen LogP contribution >= 0.6 is 15.9 Å². The minimum absolute atomic E-state index is 0.197. The average molecular weight is 273 g/mol. The zero-order valence-corrected chi connectivity index (χ0v) is 10.2. The summed E-state index contributed by atoms with van der Waals surface area (Å²) in [6.07, 6.45) is 0. The van der Waals surface area contributed by atoms with E-state index in [0.29, 0.717) is 6.04 Å². The fraction of sp³-hybridized carbons (Fsp3) is 0.455. The van der Waals surface area contributed by atoms with E-state index in [9.17, 15) is 4.39 Å². The van der Waals surface area contributed by atoms with Crippen molar-refractivity contribution >= 4 is 15.9 Å². The molecule has 15 heavy (non-hydrogen) atoms. The van der Waals surface area contributed by atoms with E-state index in [-0.39, 0.29) is 5.82 Å². The summed E-state index contributed by atoms with van der Waals surface area (Å²) in [7, 11) is 2.10. The highest BCUT2D eigenvalue weighted by atomic mass is 79.9. The number of nitrogens with zero attached hydrogens (tertiary/aromatic N) is 1. The van der Waals surface area contributed by atoms with Crippen LogP contribution in [0.2, 0.25) is 0 Å². The summed E-state index contributed by atoms with van der Waals surface area (Å²) in [6, 6.07) is 5.22. The van der Waals surface area contributed by atoms with E-state index in [1.165, 1.54) is 12.1 Å². The summed E-state index contributed by atoms with van der Waals surface area (Å²) in [5.74, 6) is -0.197. The summed E-state index contributed by atoms with van der Waals surface area (Å²) in [4.78, 5) is 2.29. The van der Waals surface area contributed by atoms with Crippen LogP contribution in [0.4, 0.5) is 4.39 Å². The molecule has 0 bridgehead atoms. The molecule has 0 amide bonds. The molecule has 2 rings (SSSR count). The first-order chi connectivity index (χ1) is 7.18. The van der Waals surface area contributed by atoms with Crippen molar-refractivity contribution in [2.75, 3.05) is 26.7 Å². The molecule has 1 aromatic rings. The van der Waals surface area contributed by atoms with Crippen LogP contribution in [0.3, 0.4) is 0 Å². The largest absolute Gasteiger partial charge is 0.314 e. The predicted octanol–water partition coefficient (Wildman–Crippen LogP) is 2.16. The highest BCUT2D eigenvalue weighted by molar-refractivity contribution is 9.10. The van der Waals surface area contributed by atoms with Gasteiger partial charge in [-0.05, 0) is 24.7 Å². The highest BCUT2D eigenvalue weighted by Crippen LogP contribution is 2.28. The Morgan fingerprint density at radius 1 is 1.53 bits per heavy atom. The van der Waals surface area contributed by atoms with Crippen LogP contribution in [0.5, 0.6) is 0 Å². The van der Waals surface area contributed by atoms with Gasteiger partial charge in [-0.2, -0.15) is 0 Å². The summed E-state index contributed by atoms with van der Waals surface area (Å²) < 4.78 is 13.8. The molecule has 0 aromatic heterocycles. The first-order valence-electron chi connectivity index (χ1n) is 5.04. The van der Waals surface area contributed by atoms with Gasteiger partial charge in [0.1, 0.15) is 5.82 Å². The molecule has 1 saturated heterocycles. The fourth-order valence-corrected chi connectivity index (χ4v) is 2.54. The van der Waals surface area contributed by atoms with Gasteiger partial charge in [0.15, 0.2) is 0 Å². The lowest BCUT2D eigenvalue weighted by Crippen LogP contribution is -2.43. The Morgan fingerprint density at radius 3 is 3.00 bits per heavy atom. The van der Waals surface area contributed by atoms with Crippen molar-refractivity contribution in [2.24, 2.45) is 0 Å². The van der Waals surface area contributed by atoms with Crippen molar-refractivity contribution in [1.29, 1.82) is 0 Å². The van der Waals surface area contributed by atoms with Gasteiger partial charge in [-0.3, -0.25) is 4.90 Å². The molecule has 1 atom stereocenters. The van der Waals surface area contributed by atoms with Gasteiger partial charge < -0.3 is 5.32 Å². The molecule has 1 aliphatic heterocycles. The Morgan fingerprint density at radius 2 is 2.33 bits per heavy atom. The molecule has 0 spiro atoms. The number of nitrogens with one attached hydrogen (secondary N) is 1. The normalized spacial score (nSPS) is 23.0. The first-order valence-corrected chi connectivity index (χ1v) is 5.83. The molecule has 1 aromatic carbocycles. The van der Waals surface area contributed by atoms with Crippen molar-refractivity contribution in [3.8, 4) is 0 Å². The number of benzene rings is 1. The van der Waals surface area contributed by atoms with Crippen LogP contribution in [-0.2, 0) is 0 Å². The van der Waals surface area contributed by atoms with Crippen LogP contribution in [0.1, 0.15) is 11.6 Å². The smallest absolute Gasteiger partial charge is 0.124 e. The molecule has 1 unspecified atom stereocenters. The van der Waals surface area contributed by atoms with Gasteiger partial charge in [-0.1, -0.05) is 22.0 Å². The van der Waals surface area contributed by atoms with Crippen molar-refractivity contribution in [3.05, 3.63) is 34.1 Å². The zero-order chi connectivity index (χ0) is 10.8. The van der Waals surface area contributed by atoms with Gasteiger partial charge in [0, 0.05) is 30.1 Å². The third-order valence-electron chi connectivity index (χ3n) is 2.83. The average Bonchev–Trinajstić information content (AvgIpc) is 2.20. The lowest BCUT2D eigenvalue weighted by molar-refractivity contribution is 0.201. The van der Waals surface area contributed by atoms with Crippen LogP contribution in [0.15, 0.2) is 22.7 Å². The van der Waals surface area contributed by atoms with Crippen LogP contribution in [0.25, 0.3) is 0 Å². The van der Waals surface area contributed by atoms with E-state index in [1.54, 1.807) is 0 Å². The van der Waals surface area contributed by atoms with Crippen LogP contribution < -0.4 is 5.32 Å². The van der Waals surface area contributed by atoms with E-state index in [1.807, 2.05) is 6.07 Å². The second-order valence-corrected chi connectivity index (χ2v) is 4.72. The summed E-state index contributed by atoms with van der Waals surface area (Å²) >= 11 is 3.42. The monoisotopic (exact) mass is 272 g/mol. The van der Waals surface area contributed by atoms with Crippen molar-refractivity contribution in [3.63, 3.8) is 0 Å². The topological polar surface area (TPSA) is 15.3 Å². The van der Waals surface area contributed by atoms with Crippen LogP contribution in [0, 0.1) is 5.82 Å². The number of rotatable bonds is 1. The highest BCUT2D eigenvalue weighted by Gasteiger charge is 2.22. The van der Waals surface area contributed by atoms with Gasteiger partial charge >= 0.3 is 0 Å². The number of halogens is 2. The number of likely N-dealkylation sites (N-methyl/N-ethyl adjacent to an activating group) is 1. The summed E-state index contributed by atoms with van der Waals surface area (Å²) in [5, 5.41) is 3.35. The quantitative estimate of drug-likeness (QED) is 0.843. The first kappa shape index (κ1) is 11.0. The maximum Gasteiger partial charge on any atom is 0.124 e. The molecule has 1 fully saturated rings. The SMILES string of the molecule is CN1CCNCC1c1ccc(F)cc1Br. The number of hydrogen-bond donors (Lipinski definition) is 1. The molecule has 1 N–H and O–H groups in total.